The predicted molar refractivity (Wildman–Crippen MR) is 67.6 cm³/mol. The number of rotatable bonds is 3. The van der Waals surface area contributed by atoms with Gasteiger partial charge in [-0.15, -0.1) is 11.6 Å². The van der Waals surface area contributed by atoms with Crippen molar-refractivity contribution < 1.29 is 10.0 Å². The van der Waals surface area contributed by atoms with Crippen LogP contribution in [0.3, 0.4) is 0 Å². The molecule has 1 aromatic carbocycles. The van der Waals surface area contributed by atoms with E-state index in [1.54, 1.807) is 18.2 Å². The van der Waals surface area contributed by atoms with Crippen LogP contribution in [0, 0.1) is 11.8 Å². The first-order chi connectivity index (χ1) is 8.27. The third-order valence-electron chi connectivity index (χ3n) is 1.80. The van der Waals surface area contributed by atoms with Gasteiger partial charge in [-0.1, -0.05) is 29.1 Å². The second-order valence-corrected chi connectivity index (χ2v) is 3.40. The number of alkyl halides is 1. The van der Waals surface area contributed by atoms with Crippen LogP contribution in [0.15, 0.2) is 29.4 Å². The zero-order chi connectivity index (χ0) is 12.5. The number of carbonyl (C=O) groups is 1. The predicted octanol–water partition coefficient (Wildman–Crippen LogP) is 2.07. The minimum atomic E-state index is -0.515. The van der Waals surface area contributed by atoms with Gasteiger partial charge in [0.25, 0.3) is 5.91 Å². The molecule has 0 aromatic heterocycles. The first-order valence-electron chi connectivity index (χ1n) is 4.90. The SMILES string of the molecule is O=C(C=NO)Nc1ccccc1C#CCCCl. The first kappa shape index (κ1) is 13.1. The van der Waals surface area contributed by atoms with Gasteiger partial charge in [0, 0.05) is 17.9 Å². The van der Waals surface area contributed by atoms with E-state index >= 15 is 0 Å². The van der Waals surface area contributed by atoms with Gasteiger partial charge in [0.1, 0.15) is 6.21 Å². The lowest BCUT2D eigenvalue weighted by Gasteiger charge is -2.03. The van der Waals surface area contributed by atoms with E-state index in [-0.39, 0.29) is 0 Å². The molecule has 0 aliphatic carbocycles. The molecule has 0 spiro atoms. The number of benzene rings is 1. The maximum Gasteiger partial charge on any atom is 0.270 e. The fourth-order valence-corrected chi connectivity index (χ4v) is 1.22. The van der Waals surface area contributed by atoms with Crippen molar-refractivity contribution in [2.24, 2.45) is 5.16 Å². The summed E-state index contributed by atoms with van der Waals surface area (Å²) >= 11 is 5.52. The van der Waals surface area contributed by atoms with Crippen molar-refractivity contribution in [1.82, 2.24) is 0 Å². The van der Waals surface area contributed by atoms with Gasteiger partial charge < -0.3 is 10.5 Å². The summed E-state index contributed by atoms with van der Waals surface area (Å²) in [5.74, 6) is 5.74. The Morgan fingerprint density at radius 1 is 1.53 bits per heavy atom. The zero-order valence-electron chi connectivity index (χ0n) is 8.98. The molecule has 0 fully saturated rings. The number of amides is 1. The van der Waals surface area contributed by atoms with Crippen LogP contribution in [0.2, 0.25) is 0 Å². The summed E-state index contributed by atoms with van der Waals surface area (Å²) < 4.78 is 0. The lowest BCUT2D eigenvalue weighted by Crippen LogP contribution is -2.13. The molecule has 1 amide bonds. The maximum atomic E-state index is 11.2. The molecule has 5 heteroatoms. The van der Waals surface area contributed by atoms with Crippen LogP contribution >= 0.6 is 11.6 Å². The minimum Gasteiger partial charge on any atom is -0.411 e. The summed E-state index contributed by atoms with van der Waals surface area (Å²) in [6.45, 7) is 0. The van der Waals surface area contributed by atoms with E-state index in [9.17, 15) is 4.79 Å². The first-order valence-corrected chi connectivity index (χ1v) is 5.43. The average Bonchev–Trinajstić information content (AvgIpc) is 2.32. The molecule has 0 aliphatic heterocycles. The molecule has 0 unspecified atom stereocenters. The van der Waals surface area contributed by atoms with Crippen LogP contribution in [0.1, 0.15) is 12.0 Å². The van der Waals surface area contributed by atoms with E-state index in [2.05, 4.69) is 22.3 Å². The Morgan fingerprint density at radius 2 is 2.29 bits per heavy atom. The van der Waals surface area contributed by atoms with Crippen molar-refractivity contribution in [3.8, 4) is 11.8 Å². The Kier molecular flexibility index (Phi) is 5.62. The molecule has 0 heterocycles. The quantitative estimate of drug-likeness (QED) is 0.284. The maximum absolute atomic E-state index is 11.2. The van der Waals surface area contributed by atoms with E-state index in [1.165, 1.54) is 0 Å². The Hall–Kier alpha value is -1.99. The number of nitrogens with zero attached hydrogens (tertiary/aromatic N) is 1. The second-order valence-electron chi connectivity index (χ2n) is 3.02. The fourth-order valence-electron chi connectivity index (χ4n) is 1.12. The summed E-state index contributed by atoms with van der Waals surface area (Å²) in [6.07, 6.45) is 1.37. The monoisotopic (exact) mass is 250 g/mol. The van der Waals surface area contributed by atoms with Crippen molar-refractivity contribution in [2.75, 3.05) is 11.2 Å². The zero-order valence-corrected chi connectivity index (χ0v) is 9.74. The number of oxime groups is 1. The molecular formula is C12H11ClN2O2. The normalized spacial score (nSPS) is 9.71. The molecular weight excluding hydrogens is 240 g/mol. The lowest BCUT2D eigenvalue weighted by atomic mass is 10.2. The highest BCUT2D eigenvalue weighted by Crippen LogP contribution is 2.13. The van der Waals surface area contributed by atoms with Crippen molar-refractivity contribution in [3.63, 3.8) is 0 Å². The van der Waals surface area contributed by atoms with Gasteiger partial charge in [0.05, 0.1) is 5.69 Å². The van der Waals surface area contributed by atoms with E-state index in [0.717, 1.165) is 6.21 Å². The molecule has 0 radical (unpaired) electrons. The van der Waals surface area contributed by atoms with Crippen LogP contribution in [-0.2, 0) is 4.79 Å². The summed E-state index contributed by atoms with van der Waals surface area (Å²) in [5.41, 5.74) is 1.26. The molecule has 1 aromatic rings. The fraction of sp³-hybridized carbons (Fsp3) is 0.167. The molecule has 88 valence electrons. The number of carbonyl (C=O) groups excluding carboxylic acids is 1. The third-order valence-corrected chi connectivity index (χ3v) is 1.99. The largest absolute Gasteiger partial charge is 0.411 e. The molecule has 1 rings (SSSR count). The molecule has 0 atom stereocenters. The number of nitrogens with one attached hydrogen (secondary N) is 1. The summed E-state index contributed by atoms with van der Waals surface area (Å²) in [4.78, 5) is 11.2. The van der Waals surface area contributed by atoms with E-state index in [1.807, 2.05) is 6.07 Å². The van der Waals surface area contributed by atoms with Crippen LogP contribution in [-0.4, -0.2) is 23.2 Å². The van der Waals surface area contributed by atoms with E-state index in [4.69, 9.17) is 16.8 Å². The van der Waals surface area contributed by atoms with Gasteiger partial charge >= 0.3 is 0 Å². The molecule has 0 aliphatic rings. The number of para-hydroxylation sites is 1. The third kappa shape index (κ3) is 4.58. The highest BCUT2D eigenvalue weighted by molar-refractivity contribution is 6.31. The van der Waals surface area contributed by atoms with Crippen molar-refractivity contribution in [3.05, 3.63) is 29.8 Å². The van der Waals surface area contributed by atoms with Crippen LogP contribution in [0.4, 0.5) is 5.69 Å². The van der Waals surface area contributed by atoms with Crippen molar-refractivity contribution in [2.45, 2.75) is 6.42 Å². The summed E-state index contributed by atoms with van der Waals surface area (Å²) in [6, 6.07) is 7.10. The Morgan fingerprint density at radius 3 is 3.00 bits per heavy atom. The summed E-state index contributed by atoms with van der Waals surface area (Å²) in [7, 11) is 0. The number of hydrogen-bond acceptors (Lipinski definition) is 3. The van der Waals surface area contributed by atoms with Gasteiger partial charge in [-0.25, -0.2) is 0 Å². The minimum absolute atomic E-state index is 0.471. The lowest BCUT2D eigenvalue weighted by molar-refractivity contribution is -0.110. The van der Waals surface area contributed by atoms with E-state index < -0.39 is 5.91 Å². The van der Waals surface area contributed by atoms with Crippen molar-refractivity contribution >= 4 is 29.4 Å². The van der Waals surface area contributed by atoms with Gasteiger partial charge in [-0.3, -0.25) is 4.79 Å². The smallest absolute Gasteiger partial charge is 0.270 e. The Balaban J connectivity index is 2.85. The molecule has 0 saturated carbocycles. The molecule has 0 bridgehead atoms. The Bertz CT molecular complexity index is 475. The van der Waals surface area contributed by atoms with Gasteiger partial charge in [-0.05, 0) is 12.1 Å². The highest BCUT2D eigenvalue weighted by Gasteiger charge is 2.02. The van der Waals surface area contributed by atoms with Crippen LogP contribution in [0.25, 0.3) is 0 Å². The number of hydrogen-bond donors (Lipinski definition) is 2. The molecule has 4 nitrogen and oxygen atoms in total. The second kappa shape index (κ2) is 7.31. The number of anilines is 1. The van der Waals surface area contributed by atoms with E-state index in [0.29, 0.717) is 23.6 Å². The standard InChI is InChI=1S/C12H11ClN2O2/c13-8-4-3-6-10-5-1-2-7-11(10)15-12(16)9-14-17/h1-2,5,7,9,17H,4,8H2,(H,15,16). The molecule has 0 saturated heterocycles. The number of halogens is 1. The molecule has 17 heavy (non-hydrogen) atoms. The van der Waals surface area contributed by atoms with Crippen LogP contribution < -0.4 is 5.32 Å². The van der Waals surface area contributed by atoms with Crippen molar-refractivity contribution in [1.29, 1.82) is 0 Å². The molecule has 2 N–H and O–H groups in total. The highest BCUT2D eigenvalue weighted by atomic mass is 35.5. The van der Waals surface area contributed by atoms with Crippen LogP contribution in [0.5, 0.6) is 0 Å². The Labute approximate surface area is 104 Å². The van der Waals surface area contributed by atoms with Gasteiger partial charge in [-0.2, -0.15) is 0 Å². The summed E-state index contributed by atoms with van der Waals surface area (Å²) in [5, 5.41) is 13.4. The van der Waals surface area contributed by atoms with Gasteiger partial charge in [0.15, 0.2) is 0 Å². The topological polar surface area (TPSA) is 61.7 Å². The average molecular weight is 251 g/mol. The van der Waals surface area contributed by atoms with Gasteiger partial charge in [0.2, 0.25) is 0 Å².